The van der Waals surface area contributed by atoms with Gasteiger partial charge in [-0.05, 0) is 62.9 Å². The summed E-state index contributed by atoms with van der Waals surface area (Å²) < 4.78 is 26.3. The van der Waals surface area contributed by atoms with Crippen molar-refractivity contribution in [2.75, 3.05) is 17.1 Å². The fourth-order valence-corrected chi connectivity index (χ4v) is 5.09. The van der Waals surface area contributed by atoms with Gasteiger partial charge in [0.1, 0.15) is 6.04 Å². The third kappa shape index (κ3) is 8.11. The summed E-state index contributed by atoms with van der Waals surface area (Å²) in [5, 5.41) is 3.89. The molecule has 0 aliphatic carbocycles. The van der Waals surface area contributed by atoms with E-state index in [1.165, 1.54) is 9.21 Å². The molecule has 0 unspecified atom stereocenters. The van der Waals surface area contributed by atoms with Crippen molar-refractivity contribution in [1.82, 2.24) is 10.2 Å². The van der Waals surface area contributed by atoms with Gasteiger partial charge in [0.05, 0.1) is 11.9 Å². The van der Waals surface area contributed by atoms with Crippen LogP contribution in [0.3, 0.4) is 0 Å². The maximum Gasteiger partial charge on any atom is 0.242 e. The van der Waals surface area contributed by atoms with E-state index in [2.05, 4.69) is 5.32 Å². The molecule has 10 heteroatoms. The highest BCUT2D eigenvalue weighted by Gasteiger charge is 2.28. The average Bonchev–Trinajstić information content (AvgIpc) is 2.82. The summed E-state index contributed by atoms with van der Waals surface area (Å²) in [6, 6.07) is 11.5. The Bertz CT molecular complexity index is 1170. The smallest absolute Gasteiger partial charge is 0.242 e. The second-order valence-electron chi connectivity index (χ2n) is 8.93. The topological polar surface area (TPSA) is 86.8 Å². The molecule has 0 saturated carbocycles. The highest BCUT2D eigenvalue weighted by atomic mass is 35.5. The van der Waals surface area contributed by atoms with Gasteiger partial charge in [0.25, 0.3) is 0 Å². The number of nitrogens with zero attached hydrogens (tertiary/aromatic N) is 2. The number of carbonyl (C=O) groups is 2. The standard InChI is InChI=1S/C26H35Cl2N3O4S/c1-6-18(2)29-26(33)20(4)30(17-21-11-7-8-12-23(21)28)25(32)15-10-16-31(36(5,34)35)24-14-9-13-22(27)19(24)3/h7-9,11-14,18,20H,6,10,15-17H2,1-5H3,(H,29,33)/t18-,20-/m1/s1. The van der Waals surface area contributed by atoms with Gasteiger partial charge < -0.3 is 10.2 Å². The van der Waals surface area contributed by atoms with Crippen LogP contribution in [0.25, 0.3) is 0 Å². The van der Waals surface area contributed by atoms with E-state index >= 15 is 0 Å². The SMILES string of the molecule is CC[C@@H](C)NC(=O)[C@@H](C)N(Cc1ccccc1Cl)C(=O)CCCN(c1cccc(Cl)c1C)S(C)(=O)=O. The van der Waals surface area contributed by atoms with E-state index in [1.807, 2.05) is 26.0 Å². The number of hydrogen-bond donors (Lipinski definition) is 1. The monoisotopic (exact) mass is 555 g/mol. The Morgan fingerprint density at radius 2 is 1.67 bits per heavy atom. The zero-order valence-corrected chi connectivity index (χ0v) is 23.8. The van der Waals surface area contributed by atoms with Crippen LogP contribution in [0, 0.1) is 6.92 Å². The largest absolute Gasteiger partial charge is 0.352 e. The van der Waals surface area contributed by atoms with E-state index in [4.69, 9.17) is 23.2 Å². The van der Waals surface area contributed by atoms with Gasteiger partial charge in [0.15, 0.2) is 0 Å². The van der Waals surface area contributed by atoms with Gasteiger partial charge in [-0.25, -0.2) is 8.42 Å². The Balaban J connectivity index is 2.22. The van der Waals surface area contributed by atoms with Gasteiger partial charge in [0.2, 0.25) is 21.8 Å². The minimum Gasteiger partial charge on any atom is -0.352 e. The number of carbonyl (C=O) groups excluding carboxylic acids is 2. The second-order valence-corrected chi connectivity index (χ2v) is 11.7. The molecule has 0 aliphatic rings. The first-order valence-electron chi connectivity index (χ1n) is 11.9. The Kier molecular flexibility index (Phi) is 11.1. The molecule has 2 rings (SSSR count). The molecule has 0 spiro atoms. The summed E-state index contributed by atoms with van der Waals surface area (Å²) in [5.74, 6) is -0.518. The van der Waals surface area contributed by atoms with Gasteiger partial charge in [-0.2, -0.15) is 0 Å². The van der Waals surface area contributed by atoms with Gasteiger partial charge >= 0.3 is 0 Å². The maximum absolute atomic E-state index is 13.4. The Hall–Kier alpha value is -2.29. The fraction of sp³-hybridized carbons (Fsp3) is 0.462. The lowest BCUT2D eigenvalue weighted by atomic mass is 10.1. The Morgan fingerprint density at radius 3 is 2.28 bits per heavy atom. The van der Waals surface area contributed by atoms with Crippen LogP contribution >= 0.6 is 23.2 Å². The van der Waals surface area contributed by atoms with Crippen molar-refractivity contribution < 1.29 is 18.0 Å². The van der Waals surface area contributed by atoms with Gasteiger partial charge in [-0.15, -0.1) is 0 Å². The molecule has 36 heavy (non-hydrogen) atoms. The Morgan fingerprint density at radius 1 is 1.03 bits per heavy atom. The number of rotatable bonds is 12. The van der Waals surface area contributed by atoms with Crippen molar-refractivity contribution in [3.05, 3.63) is 63.6 Å². The summed E-state index contributed by atoms with van der Waals surface area (Å²) in [6.45, 7) is 7.57. The van der Waals surface area contributed by atoms with E-state index in [0.717, 1.165) is 18.2 Å². The summed E-state index contributed by atoms with van der Waals surface area (Å²) in [4.78, 5) is 27.7. The number of halogens is 2. The molecular formula is C26H35Cl2N3O4S. The molecule has 2 atom stereocenters. The van der Waals surface area contributed by atoms with E-state index in [9.17, 15) is 18.0 Å². The van der Waals surface area contributed by atoms with Crippen molar-refractivity contribution in [1.29, 1.82) is 0 Å². The zero-order chi connectivity index (χ0) is 27.0. The van der Waals surface area contributed by atoms with E-state index in [-0.39, 0.29) is 43.8 Å². The van der Waals surface area contributed by atoms with Crippen LogP contribution in [0.4, 0.5) is 5.69 Å². The van der Waals surface area contributed by atoms with Crippen LogP contribution in [-0.2, 0) is 26.2 Å². The van der Waals surface area contributed by atoms with Crippen LogP contribution in [-0.4, -0.2) is 50.0 Å². The van der Waals surface area contributed by atoms with Gasteiger partial charge in [0, 0.05) is 35.6 Å². The van der Waals surface area contributed by atoms with Crippen molar-refractivity contribution >= 4 is 50.7 Å². The summed E-state index contributed by atoms with van der Waals surface area (Å²) >= 11 is 12.5. The molecule has 0 aromatic heterocycles. The second kappa shape index (κ2) is 13.3. The molecule has 7 nitrogen and oxygen atoms in total. The highest BCUT2D eigenvalue weighted by Crippen LogP contribution is 2.28. The maximum atomic E-state index is 13.4. The van der Waals surface area contributed by atoms with Crippen LogP contribution in [0.15, 0.2) is 42.5 Å². The lowest BCUT2D eigenvalue weighted by Crippen LogP contribution is -2.49. The Labute approximate surface area is 224 Å². The van der Waals surface area contributed by atoms with E-state index < -0.39 is 16.1 Å². The minimum absolute atomic E-state index is 0.0264. The molecule has 198 valence electrons. The quantitative estimate of drug-likeness (QED) is 0.391. The molecule has 0 heterocycles. The molecule has 1 N–H and O–H groups in total. The number of amides is 2. The third-order valence-electron chi connectivity index (χ3n) is 6.13. The first kappa shape index (κ1) is 29.9. The van der Waals surface area contributed by atoms with Gasteiger partial charge in [-0.3, -0.25) is 13.9 Å². The molecule has 2 amide bonds. The predicted octanol–water partition coefficient (Wildman–Crippen LogP) is 5.18. The van der Waals surface area contributed by atoms with Gasteiger partial charge in [-0.1, -0.05) is 54.4 Å². The van der Waals surface area contributed by atoms with Crippen LogP contribution < -0.4 is 9.62 Å². The first-order valence-corrected chi connectivity index (χ1v) is 14.5. The highest BCUT2D eigenvalue weighted by molar-refractivity contribution is 7.92. The lowest BCUT2D eigenvalue weighted by molar-refractivity contribution is -0.140. The molecule has 2 aromatic carbocycles. The van der Waals surface area contributed by atoms with Crippen molar-refractivity contribution in [3.8, 4) is 0 Å². The molecule has 0 radical (unpaired) electrons. The number of benzene rings is 2. The number of nitrogens with one attached hydrogen (secondary N) is 1. The first-order chi connectivity index (χ1) is 16.9. The van der Waals surface area contributed by atoms with Crippen molar-refractivity contribution in [2.24, 2.45) is 0 Å². The van der Waals surface area contributed by atoms with Crippen LogP contribution in [0.1, 0.15) is 51.2 Å². The molecule has 2 aromatic rings. The molecule has 0 fully saturated rings. The van der Waals surface area contributed by atoms with Crippen molar-refractivity contribution in [2.45, 2.75) is 65.6 Å². The molecule has 0 saturated heterocycles. The van der Waals surface area contributed by atoms with E-state index in [1.54, 1.807) is 44.2 Å². The summed E-state index contributed by atoms with van der Waals surface area (Å²) in [6.07, 6.45) is 2.20. The summed E-state index contributed by atoms with van der Waals surface area (Å²) in [7, 11) is -3.61. The van der Waals surface area contributed by atoms with Crippen LogP contribution in [0.2, 0.25) is 10.0 Å². The third-order valence-corrected chi connectivity index (χ3v) is 8.08. The zero-order valence-electron chi connectivity index (χ0n) is 21.4. The number of hydrogen-bond acceptors (Lipinski definition) is 4. The summed E-state index contributed by atoms with van der Waals surface area (Å²) in [5.41, 5.74) is 1.85. The predicted molar refractivity (Wildman–Crippen MR) is 147 cm³/mol. The fourth-order valence-electron chi connectivity index (χ4n) is 3.71. The van der Waals surface area contributed by atoms with Crippen molar-refractivity contribution in [3.63, 3.8) is 0 Å². The number of sulfonamides is 1. The normalized spacial score (nSPS) is 13.1. The molecule has 0 aliphatic heterocycles. The molecule has 0 bridgehead atoms. The lowest BCUT2D eigenvalue weighted by Gasteiger charge is -2.30. The molecular weight excluding hydrogens is 521 g/mol. The van der Waals surface area contributed by atoms with E-state index in [0.29, 0.717) is 21.3 Å². The minimum atomic E-state index is -3.61. The number of anilines is 1. The van der Waals surface area contributed by atoms with Crippen LogP contribution in [0.5, 0.6) is 0 Å². The average molecular weight is 557 g/mol.